The number of amides is 4. The topological polar surface area (TPSA) is 114 Å². The third-order valence-corrected chi connectivity index (χ3v) is 4.34. The molecule has 1 aliphatic heterocycles. The van der Waals surface area contributed by atoms with E-state index in [-0.39, 0.29) is 18.5 Å². The second-order valence-corrected chi connectivity index (χ2v) is 6.48. The van der Waals surface area contributed by atoms with Gasteiger partial charge in [0.1, 0.15) is 12.6 Å². The maximum atomic E-state index is 12.3. The minimum Gasteiger partial charge on any atom is -0.447 e. The largest absolute Gasteiger partial charge is 0.447 e. The van der Waals surface area contributed by atoms with Gasteiger partial charge in [-0.1, -0.05) is 12.1 Å². The Balaban J connectivity index is 1.95. The van der Waals surface area contributed by atoms with Crippen LogP contribution in [0.2, 0.25) is 0 Å². The minimum absolute atomic E-state index is 0.284. The van der Waals surface area contributed by atoms with Crippen LogP contribution in [0.3, 0.4) is 0 Å². The monoisotopic (exact) mass is 366 g/mol. The number of hydrogen-bond donors (Lipinski definition) is 3. The number of urea groups is 1. The summed E-state index contributed by atoms with van der Waals surface area (Å²) in [6, 6.07) is 5.91. The Morgan fingerprint density at radius 1 is 1.44 bits per heavy atom. The van der Waals surface area contributed by atoms with Crippen molar-refractivity contribution in [2.45, 2.75) is 19.0 Å². The predicted molar refractivity (Wildman–Crippen MR) is 96.5 cm³/mol. The summed E-state index contributed by atoms with van der Waals surface area (Å²) >= 11 is 1.58. The van der Waals surface area contributed by atoms with E-state index in [9.17, 15) is 14.4 Å². The van der Waals surface area contributed by atoms with E-state index in [2.05, 4.69) is 10.6 Å². The summed E-state index contributed by atoms with van der Waals surface area (Å²) in [6.45, 7) is 1.16. The number of carbonyl (C=O) groups is 3. The van der Waals surface area contributed by atoms with Crippen LogP contribution in [0, 0.1) is 0 Å². The first kappa shape index (κ1) is 18.9. The molecule has 0 saturated carbocycles. The molecule has 0 unspecified atom stereocenters. The minimum atomic E-state index is -0.726. The van der Waals surface area contributed by atoms with Crippen LogP contribution in [0.5, 0.6) is 0 Å². The van der Waals surface area contributed by atoms with Crippen molar-refractivity contribution in [3.63, 3.8) is 0 Å². The van der Waals surface area contributed by atoms with Crippen molar-refractivity contribution in [1.82, 2.24) is 10.6 Å². The SMILES string of the molecule is CSCC[C@@H](NC(N)=O)C(=O)NCc1cccc(N2CCOC2=O)c1. The quantitative estimate of drug-likeness (QED) is 0.636. The maximum Gasteiger partial charge on any atom is 0.414 e. The van der Waals surface area contributed by atoms with E-state index in [1.165, 1.54) is 0 Å². The third-order valence-electron chi connectivity index (χ3n) is 3.69. The molecule has 4 amide bonds. The van der Waals surface area contributed by atoms with E-state index >= 15 is 0 Å². The van der Waals surface area contributed by atoms with E-state index in [0.29, 0.717) is 19.6 Å². The molecule has 1 fully saturated rings. The highest BCUT2D eigenvalue weighted by molar-refractivity contribution is 7.98. The highest BCUT2D eigenvalue weighted by atomic mass is 32.2. The Bertz CT molecular complexity index is 640. The zero-order chi connectivity index (χ0) is 18.2. The Morgan fingerprint density at radius 2 is 2.24 bits per heavy atom. The Morgan fingerprint density at radius 3 is 2.88 bits per heavy atom. The molecule has 1 aromatic carbocycles. The Labute approximate surface area is 150 Å². The number of nitrogens with two attached hydrogens (primary N) is 1. The average molecular weight is 366 g/mol. The number of cyclic esters (lactones) is 1. The zero-order valence-electron chi connectivity index (χ0n) is 14.0. The van der Waals surface area contributed by atoms with Gasteiger partial charge in [0.2, 0.25) is 5.91 Å². The molecule has 25 heavy (non-hydrogen) atoms. The standard InChI is InChI=1S/C16H22N4O4S/c1-25-8-5-13(19-15(17)22)14(21)18-10-11-3-2-4-12(9-11)20-6-7-24-16(20)23/h2-4,9,13H,5-8,10H2,1H3,(H,18,21)(H3,17,19,22)/t13-/m1/s1. The lowest BCUT2D eigenvalue weighted by molar-refractivity contribution is -0.123. The van der Waals surface area contributed by atoms with Crippen molar-refractivity contribution in [3.05, 3.63) is 29.8 Å². The first-order valence-electron chi connectivity index (χ1n) is 7.87. The molecule has 0 bridgehead atoms. The Kier molecular flexibility index (Phi) is 6.93. The molecule has 0 radical (unpaired) electrons. The highest BCUT2D eigenvalue weighted by Gasteiger charge is 2.24. The van der Waals surface area contributed by atoms with Crippen molar-refractivity contribution < 1.29 is 19.1 Å². The first-order chi connectivity index (χ1) is 12.0. The Hall–Kier alpha value is -2.42. The zero-order valence-corrected chi connectivity index (χ0v) is 14.8. The van der Waals surface area contributed by atoms with Gasteiger partial charge in [-0.15, -0.1) is 0 Å². The number of primary amides is 1. The number of rotatable bonds is 8. The highest BCUT2D eigenvalue weighted by Crippen LogP contribution is 2.20. The van der Waals surface area contributed by atoms with Crippen LogP contribution in [0.25, 0.3) is 0 Å². The van der Waals surface area contributed by atoms with E-state index < -0.39 is 12.1 Å². The summed E-state index contributed by atoms with van der Waals surface area (Å²) in [6.07, 6.45) is 2.05. The van der Waals surface area contributed by atoms with Gasteiger partial charge in [-0.2, -0.15) is 11.8 Å². The van der Waals surface area contributed by atoms with Crippen LogP contribution in [0.15, 0.2) is 24.3 Å². The van der Waals surface area contributed by atoms with Crippen molar-refractivity contribution in [3.8, 4) is 0 Å². The molecule has 8 nitrogen and oxygen atoms in total. The van der Waals surface area contributed by atoms with E-state index in [4.69, 9.17) is 10.5 Å². The molecule has 4 N–H and O–H groups in total. The summed E-state index contributed by atoms with van der Waals surface area (Å²) in [5, 5.41) is 5.25. The van der Waals surface area contributed by atoms with Crippen molar-refractivity contribution in [2.24, 2.45) is 5.73 Å². The maximum absolute atomic E-state index is 12.3. The smallest absolute Gasteiger partial charge is 0.414 e. The fourth-order valence-corrected chi connectivity index (χ4v) is 2.92. The third kappa shape index (κ3) is 5.56. The van der Waals surface area contributed by atoms with Gasteiger partial charge >= 0.3 is 12.1 Å². The second kappa shape index (κ2) is 9.16. The van der Waals surface area contributed by atoms with E-state index in [0.717, 1.165) is 17.0 Å². The number of hydrogen-bond acceptors (Lipinski definition) is 5. The summed E-state index contributed by atoms with van der Waals surface area (Å²) in [7, 11) is 0. The molecule has 0 aliphatic carbocycles. The summed E-state index contributed by atoms with van der Waals surface area (Å²) < 4.78 is 4.93. The van der Waals surface area contributed by atoms with Crippen LogP contribution >= 0.6 is 11.8 Å². The fourth-order valence-electron chi connectivity index (χ4n) is 2.45. The summed E-state index contributed by atoms with van der Waals surface area (Å²) in [4.78, 5) is 36.5. The van der Waals surface area contributed by atoms with Crippen molar-refractivity contribution in [1.29, 1.82) is 0 Å². The van der Waals surface area contributed by atoms with E-state index in [1.807, 2.05) is 30.5 Å². The molecule has 0 spiro atoms. The molecular weight excluding hydrogens is 344 g/mol. The van der Waals surface area contributed by atoms with Crippen LogP contribution in [-0.2, 0) is 16.1 Å². The molecule has 1 saturated heterocycles. The molecule has 1 aromatic rings. The van der Waals surface area contributed by atoms with Crippen molar-refractivity contribution >= 4 is 35.5 Å². The van der Waals surface area contributed by atoms with Gasteiger partial charge in [-0.25, -0.2) is 9.59 Å². The molecule has 136 valence electrons. The molecule has 0 aromatic heterocycles. The molecule has 1 heterocycles. The predicted octanol–water partition coefficient (Wildman–Crippen LogP) is 1.05. The van der Waals surface area contributed by atoms with Crippen LogP contribution in [0.4, 0.5) is 15.3 Å². The van der Waals surface area contributed by atoms with Gasteiger partial charge < -0.3 is 21.1 Å². The van der Waals surface area contributed by atoms with Gasteiger partial charge in [0, 0.05) is 12.2 Å². The van der Waals surface area contributed by atoms with Gasteiger partial charge in [-0.05, 0) is 36.1 Å². The number of thioether (sulfide) groups is 1. The molecule has 1 atom stereocenters. The summed E-state index contributed by atoms with van der Waals surface area (Å²) in [5.74, 6) is 0.434. The lowest BCUT2D eigenvalue weighted by Crippen LogP contribution is -2.48. The lowest BCUT2D eigenvalue weighted by atomic mass is 10.1. The van der Waals surface area contributed by atoms with Crippen LogP contribution in [0.1, 0.15) is 12.0 Å². The van der Waals surface area contributed by atoms with Crippen LogP contribution in [-0.4, -0.2) is 49.2 Å². The molecular formula is C16H22N4O4S. The van der Waals surface area contributed by atoms with Crippen LogP contribution < -0.4 is 21.3 Å². The summed E-state index contributed by atoms with van der Waals surface area (Å²) in [5.41, 5.74) is 6.69. The lowest BCUT2D eigenvalue weighted by Gasteiger charge is -2.17. The fraction of sp³-hybridized carbons (Fsp3) is 0.438. The number of nitrogens with zero attached hydrogens (tertiary/aromatic N) is 1. The van der Waals surface area contributed by atoms with Gasteiger partial charge in [0.15, 0.2) is 0 Å². The number of nitrogens with one attached hydrogen (secondary N) is 2. The van der Waals surface area contributed by atoms with E-state index in [1.54, 1.807) is 16.7 Å². The molecule has 2 rings (SSSR count). The second-order valence-electron chi connectivity index (χ2n) is 5.50. The van der Waals surface area contributed by atoms with Gasteiger partial charge in [0.25, 0.3) is 0 Å². The van der Waals surface area contributed by atoms with Crippen molar-refractivity contribution in [2.75, 3.05) is 30.1 Å². The first-order valence-corrected chi connectivity index (χ1v) is 9.26. The number of benzene rings is 1. The molecule has 9 heteroatoms. The van der Waals surface area contributed by atoms with Gasteiger partial charge in [-0.3, -0.25) is 9.69 Å². The average Bonchev–Trinajstić information content (AvgIpc) is 3.02. The number of carbonyl (C=O) groups excluding carboxylic acids is 3. The van der Waals surface area contributed by atoms with Gasteiger partial charge in [0.05, 0.1) is 6.54 Å². The molecule has 1 aliphatic rings. The normalized spacial score (nSPS) is 14.8. The number of anilines is 1. The number of ether oxygens (including phenoxy) is 1.